The van der Waals surface area contributed by atoms with E-state index in [4.69, 9.17) is 4.74 Å². The average Bonchev–Trinajstić information content (AvgIpc) is 2.54. The highest BCUT2D eigenvalue weighted by Crippen LogP contribution is 2.28. The van der Waals surface area contributed by atoms with E-state index in [2.05, 4.69) is 9.88 Å². The van der Waals surface area contributed by atoms with E-state index in [1.54, 1.807) is 13.2 Å². The van der Waals surface area contributed by atoms with Crippen LogP contribution in [0.5, 0.6) is 0 Å². The molecule has 1 saturated heterocycles. The number of carbonyl (C=O) groups is 1. The maximum Gasteiger partial charge on any atom is 0.354 e. The fraction of sp³-hybridized carbons (Fsp3) is 0.375. The SMILES string of the molecule is COC1CCN(c2nc(C(=O)O)cc3ccccc23)CC1. The summed E-state index contributed by atoms with van der Waals surface area (Å²) in [6.07, 6.45) is 2.16. The molecule has 21 heavy (non-hydrogen) atoms. The average molecular weight is 286 g/mol. The first-order valence-corrected chi connectivity index (χ1v) is 7.10. The van der Waals surface area contributed by atoms with Crippen molar-refractivity contribution in [2.24, 2.45) is 0 Å². The van der Waals surface area contributed by atoms with Gasteiger partial charge in [-0.15, -0.1) is 0 Å². The fourth-order valence-electron chi connectivity index (χ4n) is 2.83. The molecular formula is C16H18N2O3. The van der Waals surface area contributed by atoms with E-state index in [1.807, 2.05) is 24.3 Å². The van der Waals surface area contributed by atoms with Crippen LogP contribution in [0.15, 0.2) is 30.3 Å². The molecule has 0 unspecified atom stereocenters. The summed E-state index contributed by atoms with van der Waals surface area (Å²) < 4.78 is 5.38. The number of methoxy groups -OCH3 is 1. The minimum absolute atomic E-state index is 0.0950. The van der Waals surface area contributed by atoms with E-state index in [9.17, 15) is 9.90 Å². The van der Waals surface area contributed by atoms with Gasteiger partial charge in [0.25, 0.3) is 0 Å². The van der Waals surface area contributed by atoms with Crippen LogP contribution in [-0.2, 0) is 4.74 Å². The van der Waals surface area contributed by atoms with Crippen molar-refractivity contribution >= 4 is 22.6 Å². The molecule has 0 aliphatic carbocycles. The number of rotatable bonds is 3. The molecule has 0 bridgehead atoms. The molecule has 2 aromatic rings. The van der Waals surface area contributed by atoms with Gasteiger partial charge < -0.3 is 14.7 Å². The van der Waals surface area contributed by atoms with Crippen molar-refractivity contribution in [3.05, 3.63) is 36.0 Å². The number of carboxylic acids is 1. The number of pyridine rings is 1. The van der Waals surface area contributed by atoms with Crippen LogP contribution in [0.4, 0.5) is 5.82 Å². The van der Waals surface area contributed by atoms with Crippen molar-refractivity contribution in [2.75, 3.05) is 25.1 Å². The molecule has 1 fully saturated rings. The monoisotopic (exact) mass is 286 g/mol. The molecule has 1 aromatic carbocycles. The van der Waals surface area contributed by atoms with E-state index < -0.39 is 5.97 Å². The van der Waals surface area contributed by atoms with Crippen LogP contribution < -0.4 is 4.90 Å². The van der Waals surface area contributed by atoms with Gasteiger partial charge in [-0.25, -0.2) is 9.78 Å². The van der Waals surface area contributed by atoms with Crippen LogP contribution in [0.25, 0.3) is 10.8 Å². The van der Waals surface area contributed by atoms with Crippen LogP contribution in [0.3, 0.4) is 0 Å². The molecule has 110 valence electrons. The van der Waals surface area contributed by atoms with Crippen molar-refractivity contribution in [3.63, 3.8) is 0 Å². The quantitative estimate of drug-likeness (QED) is 0.939. The van der Waals surface area contributed by atoms with Crippen LogP contribution in [0.2, 0.25) is 0 Å². The maximum atomic E-state index is 11.3. The minimum atomic E-state index is -0.992. The number of piperidine rings is 1. The molecule has 1 N–H and O–H groups in total. The van der Waals surface area contributed by atoms with E-state index in [0.29, 0.717) is 0 Å². The topological polar surface area (TPSA) is 62.7 Å². The summed E-state index contributed by atoms with van der Waals surface area (Å²) >= 11 is 0. The Hall–Kier alpha value is -2.14. The Kier molecular flexibility index (Phi) is 3.75. The zero-order valence-corrected chi connectivity index (χ0v) is 12.0. The van der Waals surface area contributed by atoms with Gasteiger partial charge in [-0.3, -0.25) is 0 Å². The second-order valence-electron chi connectivity index (χ2n) is 5.28. The van der Waals surface area contributed by atoms with Crippen molar-refractivity contribution in [1.29, 1.82) is 0 Å². The molecule has 3 rings (SSSR count). The zero-order valence-electron chi connectivity index (χ0n) is 12.0. The first-order valence-electron chi connectivity index (χ1n) is 7.10. The van der Waals surface area contributed by atoms with Crippen LogP contribution in [-0.4, -0.2) is 42.4 Å². The second-order valence-corrected chi connectivity index (χ2v) is 5.28. The zero-order chi connectivity index (χ0) is 14.8. The molecule has 0 spiro atoms. The Balaban J connectivity index is 2.02. The van der Waals surface area contributed by atoms with Gasteiger partial charge in [0.05, 0.1) is 6.10 Å². The van der Waals surface area contributed by atoms with E-state index in [0.717, 1.165) is 42.5 Å². The molecule has 0 saturated carbocycles. The molecule has 0 amide bonds. The molecule has 1 aliphatic heterocycles. The number of ether oxygens (including phenoxy) is 1. The number of anilines is 1. The molecule has 0 atom stereocenters. The molecule has 2 heterocycles. The lowest BCUT2D eigenvalue weighted by Crippen LogP contribution is -2.37. The fourth-order valence-corrected chi connectivity index (χ4v) is 2.83. The summed E-state index contributed by atoms with van der Waals surface area (Å²) in [6, 6.07) is 9.41. The van der Waals surface area contributed by atoms with Gasteiger partial charge in [0, 0.05) is 25.6 Å². The Morgan fingerprint density at radius 1 is 1.33 bits per heavy atom. The summed E-state index contributed by atoms with van der Waals surface area (Å²) in [7, 11) is 1.74. The van der Waals surface area contributed by atoms with Gasteiger partial charge in [-0.05, 0) is 24.3 Å². The van der Waals surface area contributed by atoms with E-state index >= 15 is 0 Å². The highest BCUT2D eigenvalue weighted by atomic mass is 16.5. The molecular weight excluding hydrogens is 268 g/mol. The second kappa shape index (κ2) is 5.69. The number of benzene rings is 1. The largest absolute Gasteiger partial charge is 0.477 e. The van der Waals surface area contributed by atoms with Crippen LogP contribution >= 0.6 is 0 Å². The number of nitrogens with zero attached hydrogens (tertiary/aromatic N) is 2. The number of fused-ring (bicyclic) bond motifs is 1. The van der Waals surface area contributed by atoms with Gasteiger partial charge in [0.15, 0.2) is 5.69 Å². The minimum Gasteiger partial charge on any atom is -0.477 e. The van der Waals surface area contributed by atoms with Gasteiger partial charge in [0.2, 0.25) is 0 Å². The van der Waals surface area contributed by atoms with Crippen LogP contribution in [0, 0.1) is 0 Å². The normalized spacial score (nSPS) is 16.3. The lowest BCUT2D eigenvalue weighted by molar-refractivity contribution is 0.0690. The van der Waals surface area contributed by atoms with Crippen molar-refractivity contribution in [2.45, 2.75) is 18.9 Å². The first-order chi connectivity index (χ1) is 10.2. The third-order valence-electron chi connectivity index (χ3n) is 4.01. The molecule has 0 radical (unpaired) electrons. The van der Waals surface area contributed by atoms with Crippen molar-refractivity contribution < 1.29 is 14.6 Å². The van der Waals surface area contributed by atoms with Crippen LogP contribution in [0.1, 0.15) is 23.3 Å². The van der Waals surface area contributed by atoms with E-state index in [-0.39, 0.29) is 11.8 Å². The predicted molar refractivity (Wildman–Crippen MR) is 80.9 cm³/mol. The molecule has 5 heteroatoms. The van der Waals surface area contributed by atoms with E-state index in [1.165, 1.54) is 0 Å². The van der Waals surface area contributed by atoms with Gasteiger partial charge in [-0.1, -0.05) is 24.3 Å². The summed E-state index contributed by atoms with van der Waals surface area (Å²) in [5.74, 6) is -0.228. The lowest BCUT2D eigenvalue weighted by atomic mass is 10.1. The Morgan fingerprint density at radius 2 is 2.05 bits per heavy atom. The number of aromatic carboxylic acids is 1. The smallest absolute Gasteiger partial charge is 0.354 e. The summed E-state index contributed by atoms with van der Waals surface area (Å²) in [4.78, 5) is 17.8. The molecule has 1 aromatic heterocycles. The van der Waals surface area contributed by atoms with Gasteiger partial charge >= 0.3 is 5.97 Å². The highest BCUT2D eigenvalue weighted by Gasteiger charge is 2.22. The highest BCUT2D eigenvalue weighted by molar-refractivity contribution is 5.98. The van der Waals surface area contributed by atoms with Crippen molar-refractivity contribution in [3.8, 4) is 0 Å². The van der Waals surface area contributed by atoms with Crippen molar-refractivity contribution in [1.82, 2.24) is 4.98 Å². The maximum absolute atomic E-state index is 11.3. The summed E-state index contributed by atoms with van der Waals surface area (Å²) in [5, 5.41) is 11.2. The molecule has 1 aliphatic rings. The number of hydrogen-bond donors (Lipinski definition) is 1. The number of hydrogen-bond acceptors (Lipinski definition) is 4. The summed E-state index contributed by atoms with van der Waals surface area (Å²) in [5.41, 5.74) is 0.0950. The standard InChI is InChI=1S/C16H18N2O3/c1-21-12-6-8-18(9-7-12)15-13-5-3-2-4-11(13)10-14(17-15)16(19)20/h2-5,10,12H,6-9H2,1H3,(H,19,20). The van der Waals surface area contributed by atoms with Gasteiger partial charge in [-0.2, -0.15) is 0 Å². The first kappa shape index (κ1) is 13.8. The summed E-state index contributed by atoms with van der Waals surface area (Å²) in [6.45, 7) is 1.66. The number of carboxylic acid groups (broad SMARTS) is 1. The predicted octanol–water partition coefficient (Wildman–Crippen LogP) is 2.55. The van der Waals surface area contributed by atoms with Gasteiger partial charge in [0.1, 0.15) is 5.82 Å². The third kappa shape index (κ3) is 2.69. The Labute approximate surface area is 123 Å². The lowest BCUT2D eigenvalue weighted by Gasteiger charge is -2.32. The third-order valence-corrected chi connectivity index (χ3v) is 4.01. The Morgan fingerprint density at radius 3 is 2.71 bits per heavy atom. The number of aromatic nitrogens is 1. The molecule has 5 nitrogen and oxygen atoms in total. The Bertz CT molecular complexity index is 664.